The van der Waals surface area contributed by atoms with Gasteiger partial charge >= 0.3 is 25.4 Å². The number of benzene rings is 1. The van der Waals surface area contributed by atoms with E-state index >= 15 is 0 Å². The molecule has 0 unspecified atom stereocenters. The molecule has 0 fully saturated rings. The van der Waals surface area contributed by atoms with Crippen LogP contribution in [0.2, 0.25) is 0 Å². The number of nitrogens with zero attached hydrogens (tertiary/aromatic N) is 1. The fourth-order valence-corrected chi connectivity index (χ4v) is 0.636. The van der Waals surface area contributed by atoms with E-state index in [9.17, 15) is 4.79 Å². The summed E-state index contributed by atoms with van der Waals surface area (Å²) in [6, 6.07) is 9.87. The van der Waals surface area contributed by atoms with Crippen molar-refractivity contribution in [1.29, 1.82) is 0 Å². The molecule has 18 heavy (non-hydrogen) atoms. The summed E-state index contributed by atoms with van der Waals surface area (Å²) in [7, 11) is 1.41. The molecule has 1 aromatic carbocycles. The second-order valence-electron chi connectivity index (χ2n) is 4.34. The van der Waals surface area contributed by atoms with E-state index < -0.39 is 11.4 Å². The summed E-state index contributed by atoms with van der Waals surface area (Å²) in [4.78, 5) is 10.0. The van der Waals surface area contributed by atoms with Gasteiger partial charge in [0, 0.05) is 0 Å². The second kappa shape index (κ2) is 8.81. The zero-order chi connectivity index (χ0) is 13.5. The van der Waals surface area contributed by atoms with Crippen LogP contribution in [-0.4, -0.2) is 24.1 Å². The Morgan fingerprint density at radius 1 is 1.39 bits per heavy atom. The Morgan fingerprint density at radius 2 is 1.89 bits per heavy atom. The molecule has 0 aromatic heterocycles. The van der Waals surface area contributed by atoms with Crippen LogP contribution in [0, 0.1) is 11.5 Å². The van der Waals surface area contributed by atoms with Crippen molar-refractivity contribution >= 4 is 11.9 Å². The Labute approximate surface area is 121 Å². The standard InChI is InChI=1S/C8H7NO.C5H10O2.Rh/c1-10-8(9)7-5-3-2-4-6-7;1-5(2,3)4(6)7;/h2-5H,1H3;1-3H3,(H,6,7);/q-2;;+2. The maximum absolute atomic E-state index is 10.0. The molecule has 101 valence electrons. The quantitative estimate of drug-likeness (QED) is 0.370. The average Bonchev–Trinajstić information content (AvgIpc) is 2.28. The molecule has 0 amide bonds. The molecule has 0 saturated carbocycles. The number of hydrogen-bond donors (Lipinski definition) is 1. The number of rotatable bonds is 1. The third-order valence-corrected chi connectivity index (χ3v) is 1.77. The zero-order valence-corrected chi connectivity index (χ0v) is 12.5. The molecule has 1 rings (SSSR count). The predicted molar refractivity (Wildman–Crippen MR) is 66.8 cm³/mol. The summed E-state index contributed by atoms with van der Waals surface area (Å²) < 4.78 is 4.58. The van der Waals surface area contributed by atoms with Crippen molar-refractivity contribution in [2.24, 2.45) is 5.41 Å². The van der Waals surface area contributed by atoms with Crippen LogP contribution in [-0.2, 0) is 29.0 Å². The van der Waals surface area contributed by atoms with Gasteiger partial charge < -0.3 is 15.3 Å². The third kappa shape index (κ3) is 7.96. The summed E-state index contributed by atoms with van der Waals surface area (Å²) in [6.45, 7) is 4.99. The van der Waals surface area contributed by atoms with E-state index in [1.807, 2.05) is 6.07 Å². The van der Waals surface area contributed by atoms with Crippen LogP contribution in [0.3, 0.4) is 0 Å². The van der Waals surface area contributed by atoms with Crippen molar-refractivity contribution in [2.45, 2.75) is 20.8 Å². The van der Waals surface area contributed by atoms with Gasteiger partial charge in [0.15, 0.2) is 0 Å². The van der Waals surface area contributed by atoms with E-state index in [0.29, 0.717) is 5.56 Å². The minimum Gasteiger partial charge on any atom is -0.824 e. The molecule has 0 bridgehead atoms. The number of carboxylic acids is 1. The van der Waals surface area contributed by atoms with Crippen LogP contribution in [0.1, 0.15) is 26.3 Å². The average molecular weight is 338 g/mol. The minimum atomic E-state index is -0.757. The van der Waals surface area contributed by atoms with Crippen molar-refractivity contribution in [3.63, 3.8) is 0 Å². The van der Waals surface area contributed by atoms with Gasteiger partial charge in [-0.05, 0) is 20.8 Å². The molecule has 0 heterocycles. The molecule has 0 aliphatic heterocycles. The number of carboxylic acid groups (broad SMARTS) is 1. The van der Waals surface area contributed by atoms with E-state index in [0.717, 1.165) is 0 Å². The SMILES string of the molecule is CC(C)(C)C(=O)O.COC(=[N-])c1[c-]cccc1.[Rh+2]. The minimum absolute atomic E-state index is 0. The van der Waals surface area contributed by atoms with Crippen molar-refractivity contribution in [1.82, 2.24) is 0 Å². The number of aliphatic carboxylic acids is 1. The Hall–Kier alpha value is -1.22. The van der Waals surface area contributed by atoms with Gasteiger partial charge in [0.05, 0.1) is 12.5 Å². The van der Waals surface area contributed by atoms with Gasteiger partial charge in [0.25, 0.3) is 0 Å². The van der Waals surface area contributed by atoms with Crippen molar-refractivity contribution in [3.8, 4) is 0 Å². The van der Waals surface area contributed by atoms with Crippen LogP contribution < -0.4 is 0 Å². The molecule has 1 N–H and O–H groups in total. The number of methoxy groups -OCH3 is 1. The monoisotopic (exact) mass is 338 g/mol. The topological polar surface area (TPSA) is 68.8 Å². The first-order valence-corrected chi connectivity index (χ1v) is 5.09. The normalized spacial score (nSPS) is 9.33. The van der Waals surface area contributed by atoms with Gasteiger partial charge in [0.1, 0.15) is 0 Å². The molecular formula is C13H17NO3Rh. The Kier molecular flexibility index (Phi) is 9.37. The maximum atomic E-state index is 10.0. The van der Waals surface area contributed by atoms with E-state index in [-0.39, 0.29) is 25.4 Å². The summed E-state index contributed by atoms with van der Waals surface area (Å²) in [5.74, 6) is -0.854. The first kappa shape index (κ1) is 19.1. The largest absolute Gasteiger partial charge is 2.00 e. The number of carbonyl (C=O) groups is 1. The molecule has 0 saturated heterocycles. The van der Waals surface area contributed by atoms with Crippen LogP contribution in [0.25, 0.3) is 5.41 Å². The summed E-state index contributed by atoms with van der Waals surface area (Å²) in [6.07, 6.45) is 0. The third-order valence-electron chi connectivity index (χ3n) is 1.77. The van der Waals surface area contributed by atoms with Crippen LogP contribution in [0.4, 0.5) is 0 Å². The first-order valence-electron chi connectivity index (χ1n) is 5.09. The second-order valence-corrected chi connectivity index (χ2v) is 4.34. The summed E-state index contributed by atoms with van der Waals surface area (Å²) in [5.41, 5.74) is -0.00926. The smallest absolute Gasteiger partial charge is 0.824 e. The van der Waals surface area contributed by atoms with E-state index in [4.69, 9.17) is 10.5 Å². The number of ether oxygens (including phenoxy) is 1. The van der Waals surface area contributed by atoms with Crippen LogP contribution >= 0.6 is 0 Å². The van der Waals surface area contributed by atoms with Gasteiger partial charge in [-0.3, -0.25) is 4.79 Å². The molecule has 0 aliphatic carbocycles. The Bertz CT molecular complexity index is 372. The zero-order valence-electron chi connectivity index (χ0n) is 10.9. The molecule has 0 atom stereocenters. The molecule has 0 aliphatic rings. The fourth-order valence-electron chi connectivity index (χ4n) is 0.636. The van der Waals surface area contributed by atoms with E-state index in [1.165, 1.54) is 7.11 Å². The first-order chi connectivity index (χ1) is 7.79. The molecular weight excluding hydrogens is 321 g/mol. The van der Waals surface area contributed by atoms with Gasteiger partial charge in [-0.15, -0.1) is 35.9 Å². The van der Waals surface area contributed by atoms with E-state index in [1.54, 1.807) is 39.0 Å². The summed E-state index contributed by atoms with van der Waals surface area (Å²) >= 11 is 0. The summed E-state index contributed by atoms with van der Waals surface area (Å²) in [5, 5.41) is 17.2. The van der Waals surface area contributed by atoms with Crippen molar-refractivity contribution < 1.29 is 34.1 Å². The number of hydrogen-bond acceptors (Lipinski definition) is 2. The predicted octanol–water partition coefficient (Wildman–Crippen LogP) is 2.56. The molecule has 0 spiro atoms. The Morgan fingerprint density at radius 3 is 2.17 bits per heavy atom. The van der Waals surface area contributed by atoms with E-state index in [2.05, 4.69) is 10.8 Å². The molecule has 1 radical (unpaired) electrons. The molecule has 1 aromatic rings. The van der Waals surface area contributed by atoms with Crippen molar-refractivity contribution in [2.75, 3.05) is 7.11 Å². The van der Waals surface area contributed by atoms with Crippen LogP contribution in [0.15, 0.2) is 24.3 Å². The molecule has 4 nitrogen and oxygen atoms in total. The van der Waals surface area contributed by atoms with Crippen molar-refractivity contribution in [3.05, 3.63) is 41.3 Å². The van der Waals surface area contributed by atoms with Gasteiger partial charge in [0.2, 0.25) is 0 Å². The van der Waals surface area contributed by atoms with Gasteiger partial charge in [-0.25, -0.2) is 0 Å². The molecule has 5 heteroatoms. The fraction of sp³-hybridized carbons (Fsp3) is 0.385. The van der Waals surface area contributed by atoms with Gasteiger partial charge in [-0.1, -0.05) is 5.90 Å². The van der Waals surface area contributed by atoms with Gasteiger partial charge in [-0.2, -0.15) is 0 Å². The Balaban J connectivity index is 0. The maximum Gasteiger partial charge on any atom is 2.00 e. The van der Waals surface area contributed by atoms with Crippen LogP contribution in [0.5, 0.6) is 0 Å².